The fourth-order valence-corrected chi connectivity index (χ4v) is 2.49. The first-order valence-electron chi connectivity index (χ1n) is 6.29. The van der Waals surface area contributed by atoms with Gasteiger partial charge in [0.25, 0.3) is 5.91 Å². The minimum Gasteiger partial charge on any atom is -0.344 e. The van der Waals surface area contributed by atoms with Crippen molar-refractivity contribution in [3.63, 3.8) is 0 Å². The summed E-state index contributed by atoms with van der Waals surface area (Å²) in [5.41, 5.74) is 1.49. The monoisotopic (exact) mass is 396 g/mol. The van der Waals surface area contributed by atoms with E-state index in [1.807, 2.05) is 31.2 Å². The number of carbonyl (C=O) groups is 1. The van der Waals surface area contributed by atoms with E-state index in [9.17, 15) is 4.79 Å². The van der Waals surface area contributed by atoms with E-state index in [4.69, 9.17) is 0 Å². The number of rotatable bonds is 4. The number of nitrogens with zero attached hydrogens (tertiary/aromatic N) is 1. The SMILES string of the molecule is CCC(NC(=O)c1cccc(Br)n1)c1ccc(Br)cc1. The Morgan fingerprint density at radius 3 is 2.50 bits per heavy atom. The maximum Gasteiger partial charge on any atom is 0.270 e. The lowest BCUT2D eigenvalue weighted by molar-refractivity contribution is 0.0930. The zero-order chi connectivity index (χ0) is 14.5. The van der Waals surface area contributed by atoms with Crippen molar-refractivity contribution in [2.45, 2.75) is 19.4 Å². The van der Waals surface area contributed by atoms with Crippen molar-refractivity contribution in [1.82, 2.24) is 10.3 Å². The summed E-state index contributed by atoms with van der Waals surface area (Å²) in [4.78, 5) is 16.4. The van der Waals surface area contributed by atoms with Crippen molar-refractivity contribution in [2.75, 3.05) is 0 Å². The Labute approximate surface area is 135 Å². The number of carbonyl (C=O) groups excluding carboxylic acids is 1. The van der Waals surface area contributed by atoms with E-state index in [2.05, 4.69) is 42.2 Å². The van der Waals surface area contributed by atoms with E-state index in [0.29, 0.717) is 10.3 Å². The van der Waals surface area contributed by atoms with Crippen molar-refractivity contribution < 1.29 is 4.79 Å². The molecular formula is C15H14Br2N2O. The molecule has 1 heterocycles. The average molecular weight is 398 g/mol. The summed E-state index contributed by atoms with van der Waals surface area (Å²) < 4.78 is 1.68. The van der Waals surface area contributed by atoms with Gasteiger partial charge < -0.3 is 5.32 Å². The van der Waals surface area contributed by atoms with Crippen LogP contribution in [-0.2, 0) is 0 Å². The highest BCUT2D eigenvalue weighted by atomic mass is 79.9. The molecule has 0 spiro atoms. The number of pyridine rings is 1. The summed E-state index contributed by atoms with van der Waals surface area (Å²) in [6.45, 7) is 2.04. The Morgan fingerprint density at radius 2 is 1.90 bits per heavy atom. The van der Waals surface area contributed by atoms with Gasteiger partial charge in [0.1, 0.15) is 10.3 Å². The van der Waals surface area contributed by atoms with Crippen LogP contribution in [0.2, 0.25) is 0 Å². The van der Waals surface area contributed by atoms with Crippen LogP contribution in [0.3, 0.4) is 0 Å². The van der Waals surface area contributed by atoms with Crippen LogP contribution in [-0.4, -0.2) is 10.9 Å². The number of halogens is 2. The largest absolute Gasteiger partial charge is 0.344 e. The van der Waals surface area contributed by atoms with Gasteiger partial charge >= 0.3 is 0 Å². The van der Waals surface area contributed by atoms with Crippen molar-refractivity contribution >= 4 is 37.8 Å². The number of aromatic nitrogens is 1. The molecule has 1 aromatic carbocycles. The van der Waals surface area contributed by atoms with Gasteiger partial charge in [-0.15, -0.1) is 0 Å². The smallest absolute Gasteiger partial charge is 0.270 e. The summed E-state index contributed by atoms with van der Waals surface area (Å²) in [7, 11) is 0. The van der Waals surface area contributed by atoms with Crippen LogP contribution in [0.5, 0.6) is 0 Å². The van der Waals surface area contributed by atoms with E-state index in [1.165, 1.54) is 0 Å². The van der Waals surface area contributed by atoms with Gasteiger partial charge in [-0.1, -0.05) is 41.1 Å². The maximum absolute atomic E-state index is 12.2. The first-order valence-corrected chi connectivity index (χ1v) is 7.87. The van der Waals surface area contributed by atoms with Crippen LogP contribution >= 0.6 is 31.9 Å². The second-order valence-corrected chi connectivity index (χ2v) is 6.06. The Hall–Kier alpha value is -1.20. The third-order valence-corrected chi connectivity index (χ3v) is 3.90. The number of hydrogen-bond acceptors (Lipinski definition) is 2. The van der Waals surface area contributed by atoms with E-state index < -0.39 is 0 Å². The van der Waals surface area contributed by atoms with Crippen molar-refractivity contribution in [3.8, 4) is 0 Å². The standard InChI is InChI=1S/C15H14Br2N2O/c1-2-12(10-6-8-11(16)9-7-10)19-15(20)13-4-3-5-14(17)18-13/h3-9,12H,2H2,1H3,(H,19,20). The van der Waals surface area contributed by atoms with Crippen LogP contribution < -0.4 is 5.32 Å². The molecule has 3 nitrogen and oxygen atoms in total. The van der Waals surface area contributed by atoms with Crippen LogP contribution in [0.4, 0.5) is 0 Å². The molecule has 1 amide bonds. The first-order chi connectivity index (χ1) is 9.60. The van der Waals surface area contributed by atoms with Gasteiger partial charge in [0, 0.05) is 4.47 Å². The number of amides is 1. The van der Waals surface area contributed by atoms with Crippen molar-refractivity contribution in [3.05, 3.63) is 62.8 Å². The summed E-state index contributed by atoms with van der Waals surface area (Å²) in [6.07, 6.45) is 0.821. The molecule has 104 valence electrons. The van der Waals surface area contributed by atoms with E-state index in [-0.39, 0.29) is 11.9 Å². The van der Waals surface area contributed by atoms with E-state index >= 15 is 0 Å². The Morgan fingerprint density at radius 1 is 1.20 bits per heavy atom. The summed E-state index contributed by atoms with van der Waals surface area (Å²) in [5, 5.41) is 3.01. The highest BCUT2D eigenvalue weighted by Gasteiger charge is 2.15. The van der Waals surface area contributed by atoms with Crippen LogP contribution in [0.15, 0.2) is 51.5 Å². The molecule has 5 heteroatoms. The maximum atomic E-state index is 12.2. The van der Waals surface area contributed by atoms with E-state index in [1.54, 1.807) is 18.2 Å². The molecule has 0 aliphatic heterocycles. The summed E-state index contributed by atoms with van der Waals surface area (Å²) in [5.74, 6) is -0.166. The third-order valence-electron chi connectivity index (χ3n) is 2.93. The minimum absolute atomic E-state index is 0.0172. The Bertz CT molecular complexity index is 599. The number of hydrogen-bond donors (Lipinski definition) is 1. The molecule has 0 aliphatic rings. The van der Waals surface area contributed by atoms with Crippen molar-refractivity contribution in [1.29, 1.82) is 0 Å². The lowest BCUT2D eigenvalue weighted by Crippen LogP contribution is -2.28. The molecule has 0 radical (unpaired) electrons. The molecule has 2 aromatic rings. The zero-order valence-electron chi connectivity index (χ0n) is 10.9. The molecular weight excluding hydrogens is 384 g/mol. The molecule has 0 saturated heterocycles. The van der Waals surface area contributed by atoms with Gasteiger partial charge in [-0.25, -0.2) is 4.98 Å². The van der Waals surface area contributed by atoms with Gasteiger partial charge in [0.15, 0.2) is 0 Å². The quantitative estimate of drug-likeness (QED) is 0.772. The second-order valence-electron chi connectivity index (χ2n) is 4.33. The predicted octanol–water partition coefficient (Wildman–Crippen LogP) is 4.49. The fourth-order valence-electron chi connectivity index (χ4n) is 1.88. The highest BCUT2D eigenvalue weighted by molar-refractivity contribution is 9.10. The van der Waals surface area contributed by atoms with Crippen molar-refractivity contribution in [2.24, 2.45) is 0 Å². The van der Waals surface area contributed by atoms with Gasteiger partial charge in [-0.3, -0.25) is 4.79 Å². The molecule has 1 N–H and O–H groups in total. The molecule has 2 rings (SSSR count). The zero-order valence-corrected chi connectivity index (χ0v) is 14.1. The fraction of sp³-hybridized carbons (Fsp3) is 0.200. The molecule has 0 saturated carbocycles. The molecule has 0 bridgehead atoms. The Balaban J connectivity index is 2.14. The Kier molecular flexibility index (Phi) is 5.31. The van der Waals surface area contributed by atoms with Gasteiger partial charge in [-0.2, -0.15) is 0 Å². The van der Waals surface area contributed by atoms with Gasteiger partial charge in [-0.05, 0) is 52.2 Å². The number of benzene rings is 1. The summed E-state index contributed by atoms with van der Waals surface area (Å²) in [6, 6.07) is 13.2. The molecule has 20 heavy (non-hydrogen) atoms. The topological polar surface area (TPSA) is 42.0 Å². The predicted molar refractivity (Wildman–Crippen MR) is 86.6 cm³/mol. The first kappa shape index (κ1) is 15.2. The van der Waals surface area contributed by atoms with Crippen LogP contribution in [0.25, 0.3) is 0 Å². The molecule has 1 aromatic heterocycles. The summed E-state index contributed by atoms with van der Waals surface area (Å²) >= 11 is 6.68. The molecule has 1 unspecified atom stereocenters. The van der Waals surface area contributed by atoms with Gasteiger partial charge in [0.2, 0.25) is 0 Å². The van der Waals surface area contributed by atoms with Gasteiger partial charge in [0.05, 0.1) is 6.04 Å². The van der Waals surface area contributed by atoms with Crippen LogP contribution in [0.1, 0.15) is 35.4 Å². The lowest BCUT2D eigenvalue weighted by Gasteiger charge is -2.17. The number of nitrogens with one attached hydrogen (secondary N) is 1. The molecule has 0 fully saturated rings. The van der Waals surface area contributed by atoms with E-state index in [0.717, 1.165) is 16.5 Å². The van der Waals surface area contributed by atoms with Crippen LogP contribution in [0, 0.1) is 0 Å². The third kappa shape index (κ3) is 3.90. The molecule has 0 aliphatic carbocycles. The highest BCUT2D eigenvalue weighted by Crippen LogP contribution is 2.20. The average Bonchev–Trinajstić information content (AvgIpc) is 2.45. The molecule has 1 atom stereocenters. The lowest BCUT2D eigenvalue weighted by atomic mass is 10.0. The normalized spacial score (nSPS) is 11.9. The second kappa shape index (κ2) is 6.99. The minimum atomic E-state index is -0.166.